The number of nitrogens with one attached hydrogen (secondary N) is 1. The maximum Gasteiger partial charge on any atom is 0.255 e. The van der Waals surface area contributed by atoms with E-state index in [9.17, 15) is 4.79 Å². The van der Waals surface area contributed by atoms with Crippen LogP contribution in [0, 0.1) is 13.8 Å². The average molecular weight is 276 g/mol. The van der Waals surface area contributed by atoms with Gasteiger partial charge in [-0.1, -0.05) is 24.3 Å². The molecule has 3 rings (SSSR count). The maximum absolute atomic E-state index is 12.3. The monoisotopic (exact) mass is 276 g/mol. The smallest absolute Gasteiger partial charge is 0.255 e. The van der Waals surface area contributed by atoms with E-state index in [0.29, 0.717) is 5.56 Å². The van der Waals surface area contributed by atoms with Crippen molar-refractivity contribution in [1.82, 2.24) is 4.98 Å². The van der Waals surface area contributed by atoms with Crippen LogP contribution in [0.1, 0.15) is 21.6 Å². The Labute approximate surface area is 123 Å². The van der Waals surface area contributed by atoms with E-state index in [0.717, 1.165) is 27.8 Å². The first-order chi connectivity index (χ1) is 10.1. The van der Waals surface area contributed by atoms with Gasteiger partial charge in [0.15, 0.2) is 0 Å². The highest BCUT2D eigenvalue weighted by atomic mass is 16.1. The van der Waals surface area contributed by atoms with E-state index in [-0.39, 0.29) is 5.91 Å². The minimum absolute atomic E-state index is 0.105. The number of benzene rings is 2. The van der Waals surface area contributed by atoms with E-state index in [1.165, 1.54) is 0 Å². The number of hydrogen-bond donors (Lipinski definition) is 1. The van der Waals surface area contributed by atoms with Gasteiger partial charge in [0.2, 0.25) is 0 Å². The van der Waals surface area contributed by atoms with Crippen molar-refractivity contribution >= 4 is 22.5 Å². The highest BCUT2D eigenvalue weighted by molar-refractivity contribution is 6.09. The second-order valence-electron chi connectivity index (χ2n) is 5.10. The molecule has 0 unspecified atom stereocenters. The molecule has 21 heavy (non-hydrogen) atoms. The average Bonchev–Trinajstić information content (AvgIpc) is 2.51. The Balaban J connectivity index is 2.04. The molecule has 0 spiro atoms. The molecule has 0 fully saturated rings. The molecule has 1 N–H and O–H groups in total. The van der Waals surface area contributed by atoms with Crippen LogP contribution in [-0.2, 0) is 0 Å². The molecule has 0 saturated carbocycles. The minimum atomic E-state index is -0.105. The first kappa shape index (κ1) is 13.3. The number of hydrogen-bond acceptors (Lipinski definition) is 2. The van der Waals surface area contributed by atoms with E-state index < -0.39 is 0 Å². The van der Waals surface area contributed by atoms with Crippen molar-refractivity contribution in [3.63, 3.8) is 0 Å². The van der Waals surface area contributed by atoms with Crippen LogP contribution in [0.15, 0.2) is 54.6 Å². The number of rotatable bonds is 2. The molecule has 2 aromatic carbocycles. The quantitative estimate of drug-likeness (QED) is 0.765. The van der Waals surface area contributed by atoms with Crippen LogP contribution in [0.3, 0.4) is 0 Å². The van der Waals surface area contributed by atoms with E-state index in [2.05, 4.69) is 10.3 Å². The van der Waals surface area contributed by atoms with Gasteiger partial charge < -0.3 is 5.32 Å². The Morgan fingerprint density at radius 2 is 1.71 bits per heavy atom. The Bertz CT molecular complexity index is 810. The maximum atomic E-state index is 12.3. The number of carbonyl (C=O) groups is 1. The fraction of sp³-hybridized carbons (Fsp3) is 0.111. The predicted molar refractivity (Wildman–Crippen MR) is 85.6 cm³/mol. The Morgan fingerprint density at radius 3 is 2.48 bits per heavy atom. The highest BCUT2D eigenvalue weighted by Crippen LogP contribution is 2.26. The molecule has 0 bridgehead atoms. The van der Waals surface area contributed by atoms with Crippen molar-refractivity contribution in [2.24, 2.45) is 0 Å². The molecule has 0 aliphatic heterocycles. The Hall–Kier alpha value is -2.68. The fourth-order valence-corrected chi connectivity index (χ4v) is 2.36. The lowest BCUT2D eigenvalue weighted by Crippen LogP contribution is -2.13. The SMILES string of the molecule is Cc1ccc2c(NC(=O)c3ccccc3)c(C)ccc2n1. The molecule has 0 atom stereocenters. The third-order valence-electron chi connectivity index (χ3n) is 3.49. The summed E-state index contributed by atoms with van der Waals surface area (Å²) < 4.78 is 0. The third-order valence-corrected chi connectivity index (χ3v) is 3.49. The van der Waals surface area contributed by atoms with Gasteiger partial charge in [0, 0.05) is 16.6 Å². The second-order valence-corrected chi connectivity index (χ2v) is 5.10. The van der Waals surface area contributed by atoms with Crippen LogP contribution in [0.5, 0.6) is 0 Å². The number of aryl methyl sites for hydroxylation is 2. The first-order valence-electron chi connectivity index (χ1n) is 6.88. The number of aromatic nitrogens is 1. The fourth-order valence-electron chi connectivity index (χ4n) is 2.36. The van der Waals surface area contributed by atoms with Crippen LogP contribution in [-0.4, -0.2) is 10.9 Å². The van der Waals surface area contributed by atoms with Crippen molar-refractivity contribution in [1.29, 1.82) is 0 Å². The summed E-state index contributed by atoms with van der Waals surface area (Å²) in [5.74, 6) is -0.105. The first-order valence-corrected chi connectivity index (χ1v) is 6.88. The molecule has 0 aliphatic rings. The molecule has 1 amide bonds. The van der Waals surface area contributed by atoms with Gasteiger partial charge in [0.05, 0.1) is 11.2 Å². The Kier molecular flexibility index (Phi) is 3.40. The predicted octanol–water partition coefficient (Wildman–Crippen LogP) is 4.10. The molecule has 0 radical (unpaired) electrons. The molecule has 0 aliphatic carbocycles. The Morgan fingerprint density at radius 1 is 0.952 bits per heavy atom. The van der Waals surface area contributed by atoms with E-state index in [1.54, 1.807) is 12.1 Å². The molecule has 1 heterocycles. The zero-order valence-electron chi connectivity index (χ0n) is 12.1. The summed E-state index contributed by atoms with van der Waals surface area (Å²) in [7, 11) is 0. The summed E-state index contributed by atoms with van der Waals surface area (Å²) in [5.41, 5.74) is 4.36. The standard InChI is InChI=1S/C18H16N2O/c1-12-8-11-16-15(10-9-13(2)19-16)17(12)20-18(21)14-6-4-3-5-7-14/h3-11H,1-2H3,(H,20,21). The number of carbonyl (C=O) groups excluding carboxylic acids is 1. The molecule has 3 heteroatoms. The van der Waals surface area contributed by atoms with E-state index >= 15 is 0 Å². The van der Waals surface area contributed by atoms with Gasteiger partial charge in [0.25, 0.3) is 5.91 Å². The lowest BCUT2D eigenvalue weighted by molar-refractivity contribution is 0.102. The van der Waals surface area contributed by atoms with Gasteiger partial charge in [-0.3, -0.25) is 9.78 Å². The van der Waals surface area contributed by atoms with Crippen LogP contribution >= 0.6 is 0 Å². The summed E-state index contributed by atoms with van der Waals surface area (Å²) >= 11 is 0. The van der Waals surface area contributed by atoms with Gasteiger partial charge in [-0.2, -0.15) is 0 Å². The summed E-state index contributed by atoms with van der Waals surface area (Å²) in [4.78, 5) is 16.9. The van der Waals surface area contributed by atoms with Gasteiger partial charge in [-0.15, -0.1) is 0 Å². The number of nitrogens with zero attached hydrogens (tertiary/aromatic N) is 1. The molecule has 3 aromatic rings. The molecular weight excluding hydrogens is 260 g/mol. The van der Waals surface area contributed by atoms with Crippen molar-refractivity contribution in [2.45, 2.75) is 13.8 Å². The molecule has 0 saturated heterocycles. The zero-order valence-corrected chi connectivity index (χ0v) is 12.1. The summed E-state index contributed by atoms with van der Waals surface area (Å²) in [6.45, 7) is 3.95. The molecule has 3 nitrogen and oxygen atoms in total. The number of anilines is 1. The van der Waals surface area contributed by atoms with Gasteiger partial charge in [0.1, 0.15) is 0 Å². The topological polar surface area (TPSA) is 42.0 Å². The normalized spacial score (nSPS) is 10.6. The number of pyridine rings is 1. The van der Waals surface area contributed by atoms with Gasteiger partial charge in [-0.25, -0.2) is 0 Å². The summed E-state index contributed by atoms with van der Waals surface area (Å²) in [5, 5.41) is 3.97. The van der Waals surface area contributed by atoms with Crippen LogP contribution in [0.4, 0.5) is 5.69 Å². The number of amides is 1. The van der Waals surface area contributed by atoms with Crippen molar-refractivity contribution < 1.29 is 4.79 Å². The number of fused-ring (bicyclic) bond motifs is 1. The lowest BCUT2D eigenvalue weighted by atomic mass is 10.1. The van der Waals surface area contributed by atoms with Crippen molar-refractivity contribution in [3.05, 3.63) is 71.4 Å². The summed E-state index contributed by atoms with van der Waals surface area (Å²) in [6.07, 6.45) is 0. The van der Waals surface area contributed by atoms with Crippen LogP contribution in [0.25, 0.3) is 10.9 Å². The molecular formula is C18H16N2O. The third kappa shape index (κ3) is 2.63. The lowest BCUT2D eigenvalue weighted by Gasteiger charge is -2.12. The van der Waals surface area contributed by atoms with Crippen LogP contribution < -0.4 is 5.32 Å². The van der Waals surface area contributed by atoms with Crippen LogP contribution in [0.2, 0.25) is 0 Å². The second kappa shape index (κ2) is 5.37. The van der Waals surface area contributed by atoms with Gasteiger partial charge >= 0.3 is 0 Å². The van der Waals surface area contributed by atoms with Gasteiger partial charge in [-0.05, 0) is 49.7 Å². The zero-order chi connectivity index (χ0) is 14.8. The largest absolute Gasteiger partial charge is 0.321 e. The van der Waals surface area contributed by atoms with Crippen molar-refractivity contribution in [3.8, 4) is 0 Å². The summed E-state index contributed by atoms with van der Waals surface area (Å²) in [6, 6.07) is 17.1. The van der Waals surface area contributed by atoms with Crippen molar-refractivity contribution in [2.75, 3.05) is 5.32 Å². The van der Waals surface area contributed by atoms with E-state index in [1.807, 2.05) is 56.3 Å². The highest BCUT2D eigenvalue weighted by Gasteiger charge is 2.11. The minimum Gasteiger partial charge on any atom is -0.321 e. The van der Waals surface area contributed by atoms with E-state index in [4.69, 9.17) is 0 Å². The molecule has 1 aromatic heterocycles. The molecule has 104 valence electrons.